The fourth-order valence-electron chi connectivity index (χ4n) is 2.84. The molecule has 1 heteroatoms. The fraction of sp³-hybridized carbons (Fsp3) is 0.0526. The number of fused-ring (bicyclic) bond motifs is 2. The van der Waals surface area contributed by atoms with E-state index in [2.05, 4.69) is 78.6 Å². The summed E-state index contributed by atoms with van der Waals surface area (Å²) in [5, 5.41) is 3.83. The highest BCUT2D eigenvalue weighted by molar-refractivity contribution is 5.98. The van der Waals surface area contributed by atoms with E-state index in [0.717, 1.165) is 0 Å². The fourth-order valence-corrected chi connectivity index (χ4v) is 2.84. The molecule has 1 heterocycles. The van der Waals surface area contributed by atoms with Crippen LogP contribution in [0.2, 0.25) is 0 Å². The zero-order valence-electron chi connectivity index (χ0n) is 11.4. The SMILES string of the molecule is Cc1ccccc1-c1cc2cc3ccccc3cc2[nH]1. The van der Waals surface area contributed by atoms with Gasteiger partial charge in [-0.3, -0.25) is 0 Å². The molecule has 0 atom stereocenters. The van der Waals surface area contributed by atoms with Crippen LogP contribution in [0.5, 0.6) is 0 Å². The topological polar surface area (TPSA) is 15.8 Å². The van der Waals surface area contributed by atoms with E-state index in [9.17, 15) is 0 Å². The van der Waals surface area contributed by atoms with Crippen molar-refractivity contribution in [3.8, 4) is 11.3 Å². The van der Waals surface area contributed by atoms with Crippen LogP contribution < -0.4 is 0 Å². The molecule has 0 saturated heterocycles. The van der Waals surface area contributed by atoms with Gasteiger partial charge in [0.1, 0.15) is 0 Å². The van der Waals surface area contributed by atoms with E-state index in [1.807, 2.05) is 0 Å². The zero-order chi connectivity index (χ0) is 13.5. The molecule has 0 bridgehead atoms. The summed E-state index contributed by atoms with van der Waals surface area (Å²) in [6.45, 7) is 2.15. The van der Waals surface area contributed by atoms with Crippen molar-refractivity contribution >= 4 is 21.7 Å². The van der Waals surface area contributed by atoms with Crippen LogP contribution in [-0.4, -0.2) is 4.98 Å². The summed E-state index contributed by atoms with van der Waals surface area (Å²) >= 11 is 0. The molecule has 1 nitrogen and oxygen atoms in total. The van der Waals surface area contributed by atoms with Crippen LogP contribution in [0.1, 0.15) is 5.56 Å². The Hall–Kier alpha value is -2.54. The van der Waals surface area contributed by atoms with Crippen molar-refractivity contribution in [3.63, 3.8) is 0 Å². The van der Waals surface area contributed by atoms with Gasteiger partial charge in [-0.25, -0.2) is 0 Å². The van der Waals surface area contributed by atoms with E-state index >= 15 is 0 Å². The molecule has 1 aromatic heterocycles. The van der Waals surface area contributed by atoms with Crippen LogP contribution in [0, 0.1) is 6.92 Å². The number of hydrogen-bond donors (Lipinski definition) is 1. The molecule has 4 rings (SSSR count). The van der Waals surface area contributed by atoms with Crippen molar-refractivity contribution in [1.82, 2.24) is 4.98 Å². The third-order valence-corrected chi connectivity index (χ3v) is 3.92. The van der Waals surface area contributed by atoms with Crippen molar-refractivity contribution < 1.29 is 0 Å². The van der Waals surface area contributed by atoms with E-state index in [4.69, 9.17) is 0 Å². The van der Waals surface area contributed by atoms with Crippen molar-refractivity contribution in [1.29, 1.82) is 0 Å². The highest BCUT2D eigenvalue weighted by Gasteiger charge is 2.06. The Morgan fingerprint density at radius 1 is 0.700 bits per heavy atom. The van der Waals surface area contributed by atoms with Gasteiger partial charge in [-0.2, -0.15) is 0 Å². The minimum Gasteiger partial charge on any atom is -0.355 e. The van der Waals surface area contributed by atoms with Gasteiger partial charge >= 0.3 is 0 Å². The van der Waals surface area contributed by atoms with Crippen molar-refractivity contribution in [2.45, 2.75) is 6.92 Å². The summed E-state index contributed by atoms with van der Waals surface area (Å²) in [5.74, 6) is 0. The lowest BCUT2D eigenvalue weighted by Gasteiger charge is -2.01. The average Bonchev–Trinajstić information content (AvgIpc) is 2.87. The van der Waals surface area contributed by atoms with Gasteiger partial charge in [0, 0.05) is 22.2 Å². The Bertz CT molecular complexity index is 863. The Labute approximate surface area is 117 Å². The maximum atomic E-state index is 3.54. The largest absolute Gasteiger partial charge is 0.355 e. The van der Waals surface area contributed by atoms with E-state index in [0.29, 0.717) is 0 Å². The first-order valence-corrected chi connectivity index (χ1v) is 6.89. The second-order valence-electron chi connectivity index (χ2n) is 5.28. The first-order chi connectivity index (χ1) is 9.81. The molecule has 4 aromatic rings. The lowest BCUT2D eigenvalue weighted by molar-refractivity contribution is 1.40. The number of benzene rings is 3. The van der Waals surface area contributed by atoms with Crippen LogP contribution in [0.4, 0.5) is 0 Å². The first-order valence-electron chi connectivity index (χ1n) is 6.89. The minimum absolute atomic E-state index is 1.19. The molecule has 0 unspecified atom stereocenters. The molecule has 3 aromatic carbocycles. The van der Waals surface area contributed by atoms with Crippen LogP contribution in [-0.2, 0) is 0 Å². The van der Waals surface area contributed by atoms with E-state index < -0.39 is 0 Å². The van der Waals surface area contributed by atoms with Gasteiger partial charge < -0.3 is 4.98 Å². The van der Waals surface area contributed by atoms with Gasteiger partial charge in [-0.15, -0.1) is 0 Å². The van der Waals surface area contributed by atoms with E-state index in [1.54, 1.807) is 0 Å². The Morgan fingerprint density at radius 2 is 1.40 bits per heavy atom. The molecule has 0 saturated carbocycles. The maximum absolute atomic E-state index is 3.54. The zero-order valence-corrected chi connectivity index (χ0v) is 11.4. The van der Waals surface area contributed by atoms with Crippen LogP contribution >= 0.6 is 0 Å². The second kappa shape index (κ2) is 4.24. The lowest BCUT2D eigenvalue weighted by Crippen LogP contribution is -1.81. The van der Waals surface area contributed by atoms with Gasteiger partial charge in [0.2, 0.25) is 0 Å². The molecule has 0 spiro atoms. The highest BCUT2D eigenvalue weighted by atomic mass is 14.7. The molecule has 1 N–H and O–H groups in total. The molecule has 0 aliphatic carbocycles. The van der Waals surface area contributed by atoms with Gasteiger partial charge in [-0.05, 0) is 41.5 Å². The van der Waals surface area contributed by atoms with E-state index in [-0.39, 0.29) is 0 Å². The number of aromatic nitrogens is 1. The molecule has 96 valence electrons. The third kappa shape index (κ3) is 1.71. The van der Waals surface area contributed by atoms with E-state index in [1.165, 1.54) is 38.5 Å². The number of H-pyrrole nitrogens is 1. The second-order valence-corrected chi connectivity index (χ2v) is 5.28. The maximum Gasteiger partial charge on any atom is 0.0467 e. The number of rotatable bonds is 1. The van der Waals surface area contributed by atoms with Gasteiger partial charge in [0.15, 0.2) is 0 Å². The summed E-state index contributed by atoms with van der Waals surface area (Å²) in [6.07, 6.45) is 0. The Morgan fingerprint density at radius 3 is 2.20 bits per heavy atom. The highest BCUT2D eigenvalue weighted by Crippen LogP contribution is 2.29. The summed E-state index contributed by atoms with van der Waals surface area (Å²) < 4.78 is 0. The first kappa shape index (κ1) is 11.3. The summed E-state index contributed by atoms with van der Waals surface area (Å²) in [6, 6.07) is 23.7. The predicted molar refractivity (Wildman–Crippen MR) is 86.0 cm³/mol. The molecule has 0 aliphatic heterocycles. The van der Waals surface area contributed by atoms with Gasteiger partial charge in [-0.1, -0.05) is 48.5 Å². The quantitative estimate of drug-likeness (QED) is 0.476. The molecule has 20 heavy (non-hydrogen) atoms. The molecule has 0 aliphatic rings. The van der Waals surface area contributed by atoms with Crippen LogP contribution in [0.15, 0.2) is 66.7 Å². The molecule has 0 radical (unpaired) electrons. The van der Waals surface area contributed by atoms with Crippen LogP contribution in [0.3, 0.4) is 0 Å². The number of aromatic amines is 1. The lowest BCUT2D eigenvalue weighted by atomic mass is 10.1. The molecular weight excluding hydrogens is 242 g/mol. The van der Waals surface area contributed by atoms with Crippen molar-refractivity contribution in [3.05, 3.63) is 72.3 Å². The number of aryl methyl sites for hydroxylation is 1. The van der Waals surface area contributed by atoms with Crippen molar-refractivity contribution in [2.24, 2.45) is 0 Å². The Balaban J connectivity index is 1.99. The normalized spacial score (nSPS) is 11.2. The number of nitrogens with one attached hydrogen (secondary N) is 1. The minimum atomic E-state index is 1.19. The average molecular weight is 257 g/mol. The summed E-state index contributed by atoms with van der Waals surface area (Å²) in [4.78, 5) is 3.54. The van der Waals surface area contributed by atoms with Crippen molar-refractivity contribution in [2.75, 3.05) is 0 Å². The Kier molecular flexibility index (Phi) is 2.40. The standard InChI is InChI=1S/C19H15N/c1-13-6-2-5-9-17(13)19-12-16-10-14-7-3-4-8-15(14)11-18(16)20-19/h2-12,20H,1H3. The summed E-state index contributed by atoms with van der Waals surface area (Å²) in [7, 11) is 0. The number of hydrogen-bond acceptors (Lipinski definition) is 0. The monoisotopic (exact) mass is 257 g/mol. The van der Waals surface area contributed by atoms with Crippen LogP contribution in [0.25, 0.3) is 32.9 Å². The van der Waals surface area contributed by atoms with Gasteiger partial charge in [0.05, 0.1) is 0 Å². The molecular formula is C19H15N. The molecule has 0 fully saturated rings. The predicted octanol–water partition coefficient (Wildman–Crippen LogP) is 5.30. The summed E-state index contributed by atoms with van der Waals surface area (Å²) in [5.41, 5.74) is 4.95. The molecule has 0 amide bonds. The third-order valence-electron chi connectivity index (χ3n) is 3.92. The van der Waals surface area contributed by atoms with Gasteiger partial charge in [0.25, 0.3) is 0 Å². The smallest absolute Gasteiger partial charge is 0.0467 e.